The fourth-order valence-corrected chi connectivity index (χ4v) is 3.26. The quantitative estimate of drug-likeness (QED) is 0.759. The molecule has 1 aromatic rings. The van der Waals surface area contributed by atoms with Gasteiger partial charge in [0.25, 0.3) is 0 Å². The second-order valence-corrected chi connectivity index (χ2v) is 8.33. The number of benzene rings is 1. The van der Waals surface area contributed by atoms with Gasteiger partial charge in [-0.1, -0.05) is 41.9 Å². The van der Waals surface area contributed by atoms with E-state index in [1.807, 2.05) is 51.1 Å². The zero-order valence-corrected chi connectivity index (χ0v) is 16.5. The molecule has 2 rings (SSSR count). The highest BCUT2D eigenvalue weighted by Crippen LogP contribution is 2.37. The lowest BCUT2D eigenvalue weighted by atomic mass is 9.80. The second kappa shape index (κ2) is 6.89. The largest absolute Gasteiger partial charge is 0.438 e. The molecule has 1 aliphatic rings. The first kappa shape index (κ1) is 19.0. The maximum absolute atomic E-state index is 12.6. The highest BCUT2D eigenvalue weighted by atomic mass is 79.9. The molecule has 0 saturated heterocycles. The van der Waals surface area contributed by atoms with Crippen LogP contribution in [0.1, 0.15) is 52.6 Å². The Labute approximate surface area is 152 Å². The number of hydrogen-bond donors (Lipinski definition) is 1. The van der Waals surface area contributed by atoms with Gasteiger partial charge < -0.3 is 9.84 Å². The molecule has 0 aliphatic carbocycles. The minimum atomic E-state index is -0.922. The summed E-state index contributed by atoms with van der Waals surface area (Å²) in [7, 11) is 0. The molecule has 1 aliphatic heterocycles. The van der Waals surface area contributed by atoms with Crippen LogP contribution < -0.4 is 0 Å². The smallest absolute Gasteiger partial charge is 0.415 e. The maximum Gasteiger partial charge on any atom is 0.415 e. The van der Waals surface area contributed by atoms with Crippen molar-refractivity contribution in [2.45, 2.75) is 58.3 Å². The molecule has 1 amide bonds. The van der Waals surface area contributed by atoms with Crippen LogP contribution in [0, 0.1) is 5.92 Å². The number of hydrogen-bond acceptors (Lipinski definition) is 3. The van der Waals surface area contributed by atoms with Crippen LogP contribution in [-0.4, -0.2) is 27.3 Å². The van der Waals surface area contributed by atoms with Crippen molar-refractivity contribution in [3.05, 3.63) is 46.6 Å². The number of ether oxygens (including phenoxy) is 1. The molecule has 5 heteroatoms. The van der Waals surface area contributed by atoms with Gasteiger partial charge in [-0.05, 0) is 50.5 Å². The maximum atomic E-state index is 12.6. The van der Waals surface area contributed by atoms with Crippen molar-refractivity contribution >= 4 is 22.0 Å². The van der Waals surface area contributed by atoms with E-state index in [1.165, 1.54) is 0 Å². The Kier molecular flexibility index (Phi) is 5.45. The SMILES string of the molecule is CC(C)C1(CC(C)(C)O)C=CN([C@@H](C)c2ccc(Br)cc2)C(=O)O1. The summed E-state index contributed by atoms with van der Waals surface area (Å²) in [6, 6.07) is 7.75. The Morgan fingerprint density at radius 1 is 1.25 bits per heavy atom. The van der Waals surface area contributed by atoms with Crippen molar-refractivity contribution < 1.29 is 14.6 Å². The summed E-state index contributed by atoms with van der Waals surface area (Å²) in [5.41, 5.74) is -0.682. The fourth-order valence-electron chi connectivity index (χ4n) is 2.99. The Morgan fingerprint density at radius 2 is 1.83 bits per heavy atom. The van der Waals surface area contributed by atoms with Crippen molar-refractivity contribution in [1.82, 2.24) is 4.90 Å². The van der Waals surface area contributed by atoms with Crippen LogP contribution in [0.4, 0.5) is 4.79 Å². The molecule has 0 aromatic heterocycles. The van der Waals surface area contributed by atoms with E-state index in [4.69, 9.17) is 4.74 Å². The van der Waals surface area contributed by atoms with E-state index in [2.05, 4.69) is 15.9 Å². The fraction of sp³-hybridized carbons (Fsp3) is 0.526. The van der Waals surface area contributed by atoms with E-state index in [0.29, 0.717) is 6.42 Å². The van der Waals surface area contributed by atoms with Gasteiger partial charge in [0.1, 0.15) is 5.60 Å². The molecular formula is C19H26BrNO3. The lowest BCUT2D eigenvalue weighted by molar-refractivity contribution is -0.0678. The highest BCUT2D eigenvalue weighted by Gasteiger charge is 2.44. The number of halogens is 1. The van der Waals surface area contributed by atoms with Crippen LogP contribution in [0.15, 0.2) is 41.0 Å². The summed E-state index contributed by atoms with van der Waals surface area (Å²) in [6.07, 6.45) is 3.68. The zero-order valence-electron chi connectivity index (χ0n) is 14.9. The van der Waals surface area contributed by atoms with Gasteiger partial charge in [-0.3, -0.25) is 4.90 Å². The number of carbonyl (C=O) groups excluding carboxylic acids is 1. The van der Waals surface area contributed by atoms with Crippen LogP contribution in [-0.2, 0) is 4.74 Å². The third kappa shape index (κ3) is 4.19. The Hall–Kier alpha value is -1.33. The van der Waals surface area contributed by atoms with Crippen LogP contribution in [0.3, 0.4) is 0 Å². The average molecular weight is 396 g/mol. The molecule has 1 N–H and O–H groups in total. The number of rotatable bonds is 5. The molecule has 0 bridgehead atoms. The number of carbonyl (C=O) groups is 1. The van der Waals surface area contributed by atoms with E-state index in [-0.39, 0.29) is 18.1 Å². The van der Waals surface area contributed by atoms with Gasteiger partial charge in [-0.15, -0.1) is 0 Å². The van der Waals surface area contributed by atoms with Crippen molar-refractivity contribution in [3.8, 4) is 0 Å². The zero-order chi connectivity index (χ0) is 18.1. The first-order chi connectivity index (χ1) is 11.0. The molecule has 0 fully saturated rings. The molecule has 1 heterocycles. The van der Waals surface area contributed by atoms with Gasteiger partial charge in [0, 0.05) is 17.1 Å². The van der Waals surface area contributed by atoms with Crippen molar-refractivity contribution in [2.24, 2.45) is 5.92 Å². The van der Waals surface area contributed by atoms with Gasteiger partial charge in [-0.2, -0.15) is 0 Å². The molecule has 1 unspecified atom stereocenters. The monoisotopic (exact) mass is 395 g/mol. The summed E-state index contributed by atoms with van der Waals surface area (Å²) in [5, 5.41) is 10.2. The van der Waals surface area contributed by atoms with E-state index >= 15 is 0 Å². The van der Waals surface area contributed by atoms with Crippen LogP contribution in [0.5, 0.6) is 0 Å². The van der Waals surface area contributed by atoms with E-state index in [1.54, 1.807) is 24.9 Å². The van der Waals surface area contributed by atoms with Gasteiger partial charge >= 0.3 is 6.09 Å². The first-order valence-corrected chi connectivity index (χ1v) is 9.02. The Morgan fingerprint density at radius 3 is 2.29 bits per heavy atom. The van der Waals surface area contributed by atoms with E-state index in [0.717, 1.165) is 10.0 Å². The minimum Gasteiger partial charge on any atom is -0.438 e. The third-order valence-corrected chi connectivity index (χ3v) is 4.99. The number of aliphatic hydroxyl groups is 1. The van der Waals surface area contributed by atoms with E-state index < -0.39 is 11.2 Å². The summed E-state index contributed by atoms with van der Waals surface area (Å²) >= 11 is 3.42. The molecule has 2 atom stereocenters. The topological polar surface area (TPSA) is 49.8 Å². The summed E-state index contributed by atoms with van der Waals surface area (Å²) in [6.45, 7) is 9.42. The molecule has 0 spiro atoms. The highest BCUT2D eigenvalue weighted by molar-refractivity contribution is 9.10. The predicted octanol–water partition coefficient (Wildman–Crippen LogP) is 5.03. The van der Waals surface area contributed by atoms with Crippen LogP contribution >= 0.6 is 15.9 Å². The van der Waals surface area contributed by atoms with Crippen LogP contribution in [0.25, 0.3) is 0 Å². The molecule has 1 aromatic carbocycles. The van der Waals surface area contributed by atoms with E-state index in [9.17, 15) is 9.90 Å². The van der Waals surface area contributed by atoms with Crippen molar-refractivity contribution in [3.63, 3.8) is 0 Å². The summed E-state index contributed by atoms with van der Waals surface area (Å²) < 4.78 is 6.82. The Bertz CT molecular complexity index is 618. The number of amides is 1. The van der Waals surface area contributed by atoms with Crippen molar-refractivity contribution in [2.75, 3.05) is 0 Å². The molecule has 0 saturated carbocycles. The standard InChI is InChI=1S/C19H26BrNO3/c1-13(2)19(12-18(4,5)23)10-11-21(17(22)24-19)14(3)15-6-8-16(20)9-7-15/h6-11,13-14,23H,12H2,1-5H3/t14-,19?/m0/s1. The molecule has 4 nitrogen and oxygen atoms in total. The Balaban J connectivity index is 2.27. The number of nitrogens with zero attached hydrogens (tertiary/aromatic N) is 1. The molecule has 0 radical (unpaired) electrons. The van der Waals surface area contributed by atoms with Gasteiger partial charge in [0.15, 0.2) is 0 Å². The molecule has 24 heavy (non-hydrogen) atoms. The first-order valence-electron chi connectivity index (χ1n) is 8.22. The minimum absolute atomic E-state index is 0.0641. The van der Waals surface area contributed by atoms with Gasteiger partial charge in [0.05, 0.1) is 11.6 Å². The number of cyclic esters (lactones) is 1. The van der Waals surface area contributed by atoms with Crippen LogP contribution in [0.2, 0.25) is 0 Å². The lowest BCUT2D eigenvalue weighted by Crippen LogP contribution is -2.50. The lowest BCUT2D eigenvalue weighted by Gasteiger charge is -2.43. The second-order valence-electron chi connectivity index (χ2n) is 7.42. The summed E-state index contributed by atoms with van der Waals surface area (Å²) in [4.78, 5) is 14.2. The molecular weight excluding hydrogens is 370 g/mol. The normalized spacial score (nSPS) is 22.7. The van der Waals surface area contributed by atoms with Gasteiger partial charge in [-0.25, -0.2) is 4.79 Å². The van der Waals surface area contributed by atoms with Crippen molar-refractivity contribution in [1.29, 1.82) is 0 Å². The molecule has 132 valence electrons. The average Bonchev–Trinajstić information content (AvgIpc) is 2.45. The van der Waals surface area contributed by atoms with Gasteiger partial charge in [0.2, 0.25) is 0 Å². The summed E-state index contributed by atoms with van der Waals surface area (Å²) in [5.74, 6) is 0.0641. The third-order valence-electron chi connectivity index (χ3n) is 4.46. The predicted molar refractivity (Wildman–Crippen MR) is 98.5 cm³/mol.